The number of H-pyrrole nitrogens is 2. The third-order valence-corrected chi connectivity index (χ3v) is 4.70. The Kier molecular flexibility index (Phi) is 4.65. The standard InChI is InChI=1S/C21H18F2N4O/c1-2-27(12-13-3-5-15(22)6-4-13)21(28)18-9-14(10-25-18)19-16-7-8-24-20(16)26-11-17(19)23/h3-11,25H,2,12H2,1H3,(H,24,26). The molecular weight excluding hydrogens is 362 g/mol. The van der Waals surface area contributed by atoms with Crippen molar-refractivity contribution in [2.24, 2.45) is 0 Å². The fourth-order valence-corrected chi connectivity index (χ4v) is 3.25. The van der Waals surface area contributed by atoms with Crippen molar-refractivity contribution in [1.82, 2.24) is 19.9 Å². The Morgan fingerprint density at radius 3 is 2.68 bits per heavy atom. The third-order valence-electron chi connectivity index (χ3n) is 4.70. The van der Waals surface area contributed by atoms with E-state index in [1.807, 2.05) is 6.92 Å². The molecule has 0 unspecified atom stereocenters. The van der Waals surface area contributed by atoms with Crippen LogP contribution in [0.2, 0.25) is 0 Å². The largest absolute Gasteiger partial charge is 0.357 e. The zero-order valence-electron chi connectivity index (χ0n) is 15.2. The van der Waals surface area contributed by atoms with Gasteiger partial charge in [-0.25, -0.2) is 13.8 Å². The fourth-order valence-electron chi connectivity index (χ4n) is 3.25. The van der Waals surface area contributed by atoms with Gasteiger partial charge in [-0.2, -0.15) is 0 Å². The van der Waals surface area contributed by atoms with Crippen LogP contribution in [-0.4, -0.2) is 32.3 Å². The highest BCUT2D eigenvalue weighted by atomic mass is 19.1. The lowest BCUT2D eigenvalue weighted by Gasteiger charge is -2.20. The zero-order chi connectivity index (χ0) is 19.7. The molecule has 1 aromatic carbocycles. The van der Waals surface area contributed by atoms with E-state index >= 15 is 0 Å². The molecule has 0 saturated heterocycles. The second kappa shape index (κ2) is 7.26. The fraction of sp³-hybridized carbons (Fsp3) is 0.143. The monoisotopic (exact) mass is 380 g/mol. The lowest BCUT2D eigenvalue weighted by Crippen LogP contribution is -2.30. The highest BCUT2D eigenvalue weighted by Crippen LogP contribution is 2.30. The van der Waals surface area contributed by atoms with E-state index in [-0.39, 0.29) is 11.7 Å². The predicted octanol–water partition coefficient (Wildman–Crippen LogP) is 4.50. The van der Waals surface area contributed by atoms with E-state index in [2.05, 4.69) is 15.0 Å². The molecule has 0 spiro atoms. The molecule has 1 amide bonds. The van der Waals surface area contributed by atoms with E-state index in [9.17, 15) is 13.6 Å². The average Bonchev–Trinajstić information content (AvgIpc) is 3.36. The second-order valence-corrected chi connectivity index (χ2v) is 6.47. The van der Waals surface area contributed by atoms with Crippen molar-refractivity contribution in [3.05, 3.63) is 77.9 Å². The Labute approximate surface area is 160 Å². The minimum absolute atomic E-state index is 0.210. The first kappa shape index (κ1) is 17.9. The van der Waals surface area contributed by atoms with Gasteiger partial charge in [0.05, 0.1) is 6.20 Å². The van der Waals surface area contributed by atoms with Crippen LogP contribution in [0.4, 0.5) is 8.78 Å². The molecule has 3 heterocycles. The van der Waals surface area contributed by atoms with Crippen LogP contribution in [0, 0.1) is 11.6 Å². The number of hydrogen-bond acceptors (Lipinski definition) is 2. The van der Waals surface area contributed by atoms with Gasteiger partial charge in [0.25, 0.3) is 5.91 Å². The van der Waals surface area contributed by atoms with Crippen LogP contribution in [0.5, 0.6) is 0 Å². The van der Waals surface area contributed by atoms with Gasteiger partial charge >= 0.3 is 0 Å². The van der Waals surface area contributed by atoms with Gasteiger partial charge in [-0.3, -0.25) is 4.79 Å². The van der Waals surface area contributed by atoms with E-state index in [0.717, 1.165) is 11.8 Å². The number of aromatic amines is 2. The number of hydrogen-bond donors (Lipinski definition) is 2. The second-order valence-electron chi connectivity index (χ2n) is 6.47. The number of pyridine rings is 1. The van der Waals surface area contributed by atoms with Crippen molar-refractivity contribution in [3.8, 4) is 11.1 Å². The Bertz CT molecular complexity index is 1130. The number of nitrogens with one attached hydrogen (secondary N) is 2. The minimum atomic E-state index is -0.455. The Morgan fingerprint density at radius 2 is 1.93 bits per heavy atom. The van der Waals surface area contributed by atoms with Crippen molar-refractivity contribution in [1.29, 1.82) is 0 Å². The number of aromatic nitrogens is 3. The SMILES string of the molecule is CCN(Cc1ccc(F)cc1)C(=O)c1cc(-c2c(F)cnc3[nH]ccc23)c[nH]1. The molecule has 4 aromatic rings. The first-order valence-corrected chi connectivity index (χ1v) is 8.91. The summed E-state index contributed by atoms with van der Waals surface area (Å²) in [7, 11) is 0. The molecule has 0 aliphatic rings. The smallest absolute Gasteiger partial charge is 0.270 e. The molecule has 2 N–H and O–H groups in total. The van der Waals surface area contributed by atoms with E-state index in [0.29, 0.717) is 40.9 Å². The van der Waals surface area contributed by atoms with Gasteiger partial charge in [0, 0.05) is 42.0 Å². The maximum atomic E-state index is 14.4. The van der Waals surface area contributed by atoms with Crippen LogP contribution < -0.4 is 0 Å². The number of nitrogens with zero attached hydrogens (tertiary/aromatic N) is 2. The molecule has 28 heavy (non-hydrogen) atoms. The van der Waals surface area contributed by atoms with Gasteiger partial charge in [0.15, 0.2) is 0 Å². The first-order valence-electron chi connectivity index (χ1n) is 8.91. The molecule has 0 fully saturated rings. The molecule has 5 nitrogen and oxygen atoms in total. The van der Waals surface area contributed by atoms with Crippen molar-refractivity contribution >= 4 is 16.9 Å². The molecule has 0 bridgehead atoms. The number of carbonyl (C=O) groups is 1. The van der Waals surface area contributed by atoms with Gasteiger partial charge in [0.1, 0.15) is 23.0 Å². The summed E-state index contributed by atoms with van der Waals surface area (Å²) >= 11 is 0. The summed E-state index contributed by atoms with van der Waals surface area (Å²) in [5, 5.41) is 0.650. The first-order chi connectivity index (χ1) is 13.6. The van der Waals surface area contributed by atoms with E-state index in [1.165, 1.54) is 12.1 Å². The number of halogens is 2. The number of fused-ring (bicyclic) bond motifs is 1. The van der Waals surface area contributed by atoms with Crippen molar-refractivity contribution in [3.63, 3.8) is 0 Å². The molecule has 0 radical (unpaired) electrons. The number of benzene rings is 1. The van der Waals surface area contributed by atoms with E-state index in [1.54, 1.807) is 41.6 Å². The van der Waals surface area contributed by atoms with E-state index in [4.69, 9.17) is 0 Å². The zero-order valence-corrected chi connectivity index (χ0v) is 15.2. The number of rotatable bonds is 5. The summed E-state index contributed by atoms with van der Waals surface area (Å²) in [6, 6.07) is 9.44. The topological polar surface area (TPSA) is 64.8 Å². The third kappa shape index (κ3) is 3.26. The van der Waals surface area contributed by atoms with Gasteiger partial charge in [-0.15, -0.1) is 0 Å². The molecular formula is C21H18F2N4O. The van der Waals surface area contributed by atoms with Crippen molar-refractivity contribution in [2.75, 3.05) is 6.54 Å². The van der Waals surface area contributed by atoms with Crippen molar-refractivity contribution < 1.29 is 13.6 Å². The summed E-state index contributed by atoms with van der Waals surface area (Å²) in [6.07, 6.45) is 4.47. The lowest BCUT2D eigenvalue weighted by molar-refractivity contribution is 0.0747. The molecule has 0 aliphatic carbocycles. The van der Waals surface area contributed by atoms with Crippen LogP contribution in [0.3, 0.4) is 0 Å². The Hall–Kier alpha value is -3.48. The summed E-state index contributed by atoms with van der Waals surface area (Å²) in [4.78, 5) is 24.5. The summed E-state index contributed by atoms with van der Waals surface area (Å²) in [5.74, 6) is -0.982. The van der Waals surface area contributed by atoms with Gasteiger partial charge in [0.2, 0.25) is 0 Å². The van der Waals surface area contributed by atoms with Gasteiger partial charge in [-0.1, -0.05) is 12.1 Å². The molecule has 0 saturated carbocycles. The van der Waals surface area contributed by atoms with Crippen molar-refractivity contribution in [2.45, 2.75) is 13.5 Å². The average molecular weight is 380 g/mol. The maximum absolute atomic E-state index is 14.4. The maximum Gasteiger partial charge on any atom is 0.270 e. The quantitative estimate of drug-likeness (QED) is 0.535. The highest BCUT2D eigenvalue weighted by Gasteiger charge is 2.19. The predicted molar refractivity (Wildman–Crippen MR) is 103 cm³/mol. The Balaban J connectivity index is 1.62. The number of carbonyl (C=O) groups excluding carboxylic acids is 1. The highest BCUT2D eigenvalue weighted by molar-refractivity contribution is 5.97. The Morgan fingerprint density at radius 1 is 1.14 bits per heavy atom. The lowest BCUT2D eigenvalue weighted by atomic mass is 10.1. The number of amides is 1. The van der Waals surface area contributed by atoms with Gasteiger partial charge in [-0.05, 0) is 36.8 Å². The molecule has 142 valence electrons. The van der Waals surface area contributed by atoms with Crippen LogP contribution in [0.1, 0.15) is 23.0 Å². The van der Waals surface area contributed by atoms with Crippen LogP contribution >= 0.6 is 0 Å². The van der Waals surface area contributed by atoms with E-state index < -0.39 is 5.82 Å². The van der Waals surface area contributed by atoms with Crippen LogP contribution in [0.25, 0.3) is 22.2 Å². The summed E-state index contributed by atoms with van der Waals surface area (Å²) in [5.41, 5.74) is 2.74. The molecule has 0 aliphatic heterocycles. The van der Waals surface area contributed by atoms with Gasteiger partial charge < -0.3 is 14.9 Å². The summed E-state index contributed by atoms with van der Waals surface area (Å²) < 4.78 is 27.5. The molecule has 3 aromatic heterocycles. The van der Waals surface area contributed by atoms with Crippen LogP contribution in [0.15, 0.2) is 55.0 Å². The van der Waals surface area contributed by atoms with Crippen LogP contribution in [-0.2, 0) is 6.54 Å². The normalized spacial score (nSPS) is 11.1. The minimum Gasteiger partial charge on any atom is -0.357 e. The molecule has 0 atom stereocenters. The molecule has 7 heteroatoms. The summed E-state index contributed by atoms with van der Waals surface area (Å²) in [6.45, 7) is 2.71. The molecule has 4 rings (SSSR count).